The number of rotatable bonds is 6. The molecule has 1 unspecified atom stereocenters. The molecule has 1 N–H and O–H groups in total. The van der Waals surface area contributed by atoms with Crippen molar-refractivity contribution >= 4 is 23.1 Å². The minimum absolute atomic E-state index is 0.0829. The van der Waals surface area contributed by atoms with E-state index in [1.807, 2.05) is 48.5 Å². The Morgan fingerprint density at radius 2 is 1.77 bits per heavy atom. The molecule has 0 saturated carbocycles. The number of aliphatic hydroxyl groups is 1. The molecule has 5 heteroatoms. The molecule has 1 aliphatic carbocycles. The van der Waals surface area contributed by atoms with Crippen molar-refractivity contribution in [3.8, 4) is 0 Å². The van der Waals surface area contributed by atoms with Gasteiger partial charge in [0.1, 0.15) is 11.8 Å². The van der Waals surface area contributed by atoms with Gasteiger partial charge >= 0.3 is 0 Å². The zero-order chi connectivity index (χ0) is 24.4. The van der Waals surface area contributed by atoms with Crippen LogP contribution in [-0.4, -0.2) is 21.8 Å². The summed E-state index contributed by atoms with van der Waals surface area (Å²) < 4.78 is 0. The number of hydrogen-bond acceptors (Lipinski definition) is 4. The highest BCUT2D eigenvalue weighted by Gasteiger charge is 2.47. The first-order valence-electron chi connectivity index (χ1n) is 12.5. The maximum Gasteiger partial charge on any atom is 0.300 e. The summed E-state index contributed by atoms with van der Waals surface area (Å²) >= 11 is 0. The van der Waals surface area contributed by atoms with Gasteiger partial charge in [0.2, 0.25) is 0 Å². The maximum absolute atomic E-state index is 13.3. The molecule has 178 valence electrons. The van der Waals surface area contributed by atoms with Crippen LogP contribution in [0.3, 0.4) is 0 Å². The van der Waals surface area contributed by atoms with Crippen LogP contribution in [-0.2, 0) is 28.9 Å². The standard InChI is InChI=1S/C30H30N2O3/c1-2-3-8-20-12-16-24(17-13-20)32-27(25-11-6-7-18-31-25)26(29(34)30(32)35)28(33)23-15-14-21-9-4-5-10-22(21)19-23/h6-7,11-19,27,33H,2-5,8-10H2,1H3/b28-26-. The number of carbonyl (C=O) groups excluding carboxylic acids is 2. The molecule has 2 aliphatic rings. The molecule has 1 fully saturated rings. The minimum Gasteiger partial charge on any atom is -0.507 e. The van der Waals surface area contributed by atoms with Crippen molar-refractivity contribution in [3.05, 3.63) is 100 Å². The summed E-state index contributed by atoms with van der Waals surface area (Å²) in [5.74, 6) is -1.48. The highest BCUT2D eigenvalue weighted by molar-refractivity contribution is 6.51. The van der Waals surface area contributed by atoms with Crippen molar-refractivity contribution in [1.82, 2.24) is 4.98 Å². The van der Waals surface area contributed by atoms with Crippen LogP contribution in [0, 0.1) is 0 Å². The number of hydrogen-bond donors (Lipinski definition) is 1. The monoisotopic (exact) mass is 466 g/mol. The second-order valence-electron chi connectivity index (χ2n) is 9.38. The van der Waals surface area contributed by atoms with Gasteiger partial charge in [0.25, 0.3) is 11.7 Å². The van der Waals surface area contributed by atoms with E-state index in [0.717, 1.165) is 38.5 Å². The zero-order valence-electron chi connectivity index (χ0n) is 20.0. The number of ketones is 1. The second-order valence-corrected chi connectivity index (χ2v) is 9.38. The Morgan fingerprint density at radius 1 is 1.00 bits per heavy atom. The van der Waals surface area contributed by atoms with Crippen LogP contribution in [0.4, 0.5) is 5.69 Å². The Morgan fingerprint density at radius 3 is 2.49 bits per heavy atom. The first kappa shape index (κ1) is 23.0. The fourth-order valence-corrected chi connectivity index (χ4v) is 5.16. The van der Waals surface area contributed by atoms with Gasteiger partial charge in [0, 0.05) is 17.4 Å². The van der Waals surface area contributed by atoms with E-state index in [0.29, 0.717) is 16.9 Å². The Bertz CT molecular complexity index is 1280. The molecule has 0 spiro atoms. The van der Waals surface area contributed by atoms with Gasteiger partial charge in [0.15, 0.2) is 0 Å². The number of aliphatic hydroxyl groups excluding tert-OH is 1. The van der Waals surface area contributed by atoms with Crippen LogP contribution in [0.15, 0.2) is 72.4 Å². The van der Waals surface area contributed by atoms with Crippen molar-refractivity contribution < 1.29 is 14.7 Å². The van der Waals surface area contributed by atoms with Gasteiger partial charge in [-0.1, -0.05) is 43.7 Å². The fraction of sp³-hybridized carbons (Fsp3) is 0.300. The maximum atomic E-state index is 13.3. The average Bonchev–Trinajstić information content (AvgIpc) is 3.17. The number of anilines is 1. The summed E-state index contributed by atoms with van der Waals surface area (Å²) in [6.45, 7) is 2.16. The molecule has 1 aromatic heterocycles. The quantitative estimate of drug-likeness (QED) is 0.278. The SMILES string of the molecule is CCCCc1ccc(N2C(=O)C(=O)/C(=C(\O)c3ccc4c(c3)CCCC4)C2c2ccccn2)cc1. The summed E-state index contributed by atoms with van der Waals surface area (Å²) in [6.07, 6.45) is 9.09. The summed E-state index contributed by atoms with van der Waals surface area (Å²) in [4.78, 5) is 32.6. The van der Waals surface area contributed by atoms with Gasteiger partial charge in [-0.2, -0.15) is 0 Å². The number of carbonyl (C=O) groups is 2. The zero-order valence-corrected chi connectivity index (χ0v) is 20.0. The molecule has 1 aliphatic heterocycles. The van der Waals surface area contributed by atoms with Crippen molar-refractivity contribution in [1.29, 1.82) is 0 Å². The number of fused-ring (bicyclic) bond motifs is 1. The third-order valence-corrected chi connectivity index (χ3v) is 7.07. The number of pyridine rings is 1. The predicted molar refractivity (Wildman–Crippen MR) is 137 cm³/mol. The van der Waals surface area contributed by atoms with Crippen molar-refractivity contribution in [2.45, 2.75) is 57.9 Å². The lowest BCUT2D eigenvalue weighted by atomic mass is 9.89. The van der Waals surface area contributed by atoms with Gasteiger partial charge in [-0.15, -0.1) is 0 Å². The van der Waals surface area contributed by atoms with Crippen LogP contribution in [0.5, 0.6) is 0 Å². The number of unbranched alkanes of at least 4 members (excludes halogenated alkanes) is 1. The van der Waals surface area contributed by atoms with E-state index in [-0.39, 0.29) is 11.3 Å². The smallest absolute Gasteiger partial charge is 0.300 e. The molecular weight excluding hydrogens is 436 g/mol. The van der Waals surface area contributed by atoms with Gasteiger partial charge in [-0.05, 0) is 85.5 Å². The lowest BCUT2D eigenvalue weighted by Gasteiger charge is -2.25. The molecule has 1 amide bonds. The van der Waals surface area contributed by atoms with E-state index >= 15 is 0 Å². The number of amides is 1. The van der Waals surface area contributed by atoms with E-state index < -0.39 is 17.7 Å². The van der Waals surface area contributed by atoms with Crippen molar-refractivity contribution in [2.75, 3.05) is 4.90 Å². The molecule has 5 rings (SSSR count). The van der Waals surface area contributed by atoms with Gasteiger partial charge in [-0.25, -0.2) is 0 Å². The second kappa shape index (κ2) is 9.87. The molecule has 2 heterocycles. The van der Waals surface area contributed by atoms with E-state index in [1.54, 1.807) is 18.3 Å². The fourth-order valence-electron chi connectivity index (χ4n) is 5.16. The van der Waals surface area contributed by atoms with E-state index in [9.17, 15) is 14.7 Å². The lowest BCUT2D eigenvalue weighted by Crippen LogP contribution is -2.29. The van der Waals surface area contributed by atoms with Crippen LogP contribution >= 0.6 is 0 Å². The molecule has 0 radical (unpaired) electrons. The van der Waals surface area contributed by atoms with E-state index in [4.69, 9.17) is 0 Å². The molecular formula is C30H30N2O3. The van der Waals surface area contributed by atoms with Crippen LogP contribution in [0.25, 0.3) is 5.76 Å². The number of aromatic nitrogens is 1. The molecule has 2 aromatic carbocycles. The highest BCUT2D eigenvalue weighted by Crippen LogP contribution is 2.41. The topological polar surface area (TPSA) is 70.5 Å². The van der Waals surface area contributed by atoms with Crippen LogP contribution < -0.4 is 4.90 Å². The average molecular weight is 467 g/mol. The molecule has 1 saturated heterocycles. The largest absolute Gasteiger partial charge is 0.507 e. The van der Waals surface area contributed by atoms with E-state index in [2.05, 4.69) is 11.9 Å². The molecule has 35 heavy (non-hydrogen) atoms. The van der Waals surface area contributed by atoms with E-state index in [1.165, 1.54) is 28.0 Å². The highest BCUT2D eigenvalue weighted by atomic mass is 16.3. The summed E-state index contributed by atoms with van der Waals surface area (Å²) in [5, 5.41) is 11.4. The summed E-state index contributed by atoms with van der Waals surface area (Å²) in [6, 6.07) is 18.2. The summed E-state index contributed by atoms with van der Waals surface area (Å²) in [7, 11) is 0. The molecule has 1 atom stereocenters. The Labute approximate surface area is 206 Å². The lowest BCUT2D eigenvalue weighted by molar-refractivity contribution is -0.132. The Balaban J connectivity index is 1.61. The summed E-state index contributed by atoms with van der Waals surface area (Å²) in [5.41, 5.74) is 5.49. The van der Waals surface area contributed by atoms with Gasteiger partial charge in [0.05, 0.1) is 11.3 Å². The van der Waals surface area contributed by atoms with Crippen LogP contribution in [0.2, 0.25) is 0 Å². The first-order valence-corrected chi connectivity index (χ1v) is 12.5. The number of aryl methyl sites for hydroxylation is 3. The Kier molecular flexibility index (Phi) is 6.49. The Hall–Kier alpha value is -3.73. The molecule has 3 aromatic rings. The number of nitrogens with zero attached hydrogens (tertiary/aromatic N) is 2. The minimum atomic E-state index is -0.797. The predicted octanol–water partition coefficient (Wildman–Crippen LogP) is 5.93. The number of Topliss-reactive ketones (excluding diaryl/α,β-unsaturated/α-hetero) is 1. The van der Waals surface area contributed by atoms with Crippen molar-refractivity contribution in [2.24, 2.45) is 0 Å². The van der Waals surface area contributed by atoms with Gasteiger partial charge in [-0.3, -0.25) is 19.5 Å². The third kappa shape index (κ3) is 4.39. The van der Waals surface area contributed by atoms with Gasteiger partial charge < -0.3 is 5.11 Å². The first-order chi connectivity index (χ1) is 17.1. The van der Waals surface area contributed by atoms with Crippen molar-refractivity contribution in [3.63, 3.8) is 0 Å². The normalized spacial score (nSPS) is 19.1. The third-order valence-electron chi connectivity index (χ3n) is 7.07. The molecule has 0 bridgehead atoms. The van der Waals surface area contributed by atoms with Crippen LogP contribution in [0.1, 0.15) is 66.6 Å². The molecule has 5 nitrogen and oxygen atoms in total. The number of benzene rings is 2.